The van der Waals surface area contributed by atoms with Crippen LogP contribution in [0.25, 0.3) is 0 Å². The first-order chi connectivity index (χ1) is 12.5. The van der Waals surface area contributed by atoms with Gasteiger partial charge in [0.15, 0.2) is 0 Å². The number of nitro benzene ring substituents is 1. The highest BCUT2D eigenvalue weighted by Gasteiger charge is 2.41. The van der Waals surface area contributed by atoms with Crippen LogP contribution in [-0.2, 0) is 21.5 Å². The van der Waals surface area contributed by atoms with Gasteiger partial charge in [-0.1, -0.05) is 46.3 Å². The predicted molar refractivity (Wildman–Crippen MR) is 101 cm³/mol. The Balaban J connectivity index is 1.83. The van der Waals surface area contributed by atoms with Gasteiger partial charge in [0, 0.05) is 35.9 Å². The van der Waals surface area contributed by atoms with Gasteiger partial charge in [-0.3, -0.25) is 14.9 Å². The molecule has 2 aromatic rings. The molecule has 1 saturated heterocycles. The Hall–Kier alpha value is -2.25. The van der Waals surface area contributed by atoms with E-state index < -0.39 is 10.3 Å². The van der Waals surface area contributed by atoms with Crippen LogP contribution in [0.3, 0.4) is 0 Å². The van der Waals surface area contributed by atoms with Crippen molar-refractivity contribution in [2.24, 2.45) is 0 Å². The summed E-state index contributed by atoms with van der Waals surface area (Å²) in [4.78, 5) is 23.8. The minimum absolute atomic E-state index is 0.0115. The average molecular weight is 419 g/mol. The van der Waals surface area contributed by atoms with Crippen LogP contribution in [-0.4, -0.2) is 24.0 Å². The Morgan fingerprint density at radius 1 is 1.15 bits per heavy atom. The van der Waals surface area contributed by atoms with E-state index in [1.165, 1.54) is 6.07 Å². The zero-order chi connectivity index (χ0) is 18.6. The Morgan fingerprint density at radius 2 is 1.81 bits per heavy atom. The summed E-state index contributed by atoms with van der Waals surface area (Å²) in [7, 11) is 0. The lowest BCUT2D eigenvalue weighted by Crippen LogP contribution is -2.47. The van der Waals surface area contributed by atoms with Crippen LogP contribution in [0.1, 0.15) is 24.0 Å². The summed E-state index contributed by atoms with van der Waals surface area (Å²) in [5.41, 5.74) is 0.757. The molecule has 26 heavy (non-hydrogen) atoms. The van der Waals surface area contributed by atoms with Crippen molar-refractivity contribution in [2.75, 3.05) is 13.2 Å². The third-order valence-electron chi connectivity index (χ3n) is 4.81. The number of benzene rings is 2. The van der Waals surface area contributed by atoms with Gasteiger partial charge in [-0.15, -0.1) is 0 Å². The van der Waals surface area contributed by atoms with Crippen molar-refractivity contribution in [3.63, 3.8) is 0 Å². The summed E-state index contributed by atoms with van der Waals surface area (Å²) in [6, 6.07) is 14.2. The Labute approximate surface area is 159 Å². The van der Waals surface area contributed by atoms with Gasteiger partial charge in [-0.05, 0) is 30.5 Å². The third-order valence-corrected chi connectivity index (χ3v) is 5.33. The van der Waals surface area contributed by atoms with Crippen molar-refractivity contribution in [3.8, 4) is 0 Å². The number of amides is 1. The maximum absolute atomic E-state index is 13.1. The molecule has 3 rings (SSSR count). The number of hydrogen-bond acceptors (Lipinski definition) is 4. The van der Waals surface area contributed by atoms with Crippen molar-refractivity contribution in [1.82, 2.24) is 5.32 Å². The van der Waals surface area contributed by atoms with Gasteiger partial charge in [-0.2, -0.15) is 0 Å². The van der Waals surface area contributed by atoms with Crippen molar-refractivity contribution in [1.29, 1.82) is 0 Å². The second-order valence-corrected chi connectivity index (χ2v) is 7.19. The fourth-order valence-electron chi connectivity index (χ4n) is 3.32. The van der Waals surface area contributed by atoms with Gasteiger partial charge in [0.1, 0.15) is 0 Å². The lowest BCUT2D eigenvalue weighted by molar-refractivity contribution is -0.385. The highest BCUT2D eigenvalue weighted by molar-refractivity contribution is 9.10. The molecule has 0 aromatic heterocycles. The molecule has 0 aliphatic carbocycles. The normalized spacial score (nSPS) is 16.0. The maximum atomic E-state index is 13.1. The van der Waals surface area contributed by atoms with Gasteiger partial charge >= 0.3 is 0 Å². The molecule has 1 heterocycles. The van der Waals surface area contributed by atoms with E-state index in [-0.39, 0.29) is 18.1 Å². The maximum Gasteiger partial charge on any atom is 0.274 e. The molecule has 6 nitrogen and oxygen atoms in total. The molecule has 1 fully saturated rings. The SMILES string of the molecule is O=C(NCc1ccccc1[N+](=O)[O-])C1(c2ccc(Br)cc2)CCOCC1. The first kappa shape index (κ1) is 18.5. The molecule has 2 aromatic carbocycles. The van der Waals surface area contributed by atoms with Crippen molar-refractivity contribution < 1.29 is 14.5 Å². The second-order valence-electron chi connectivity index (χ2n) is 6.27. The molecule has 0 saturated carbocycles. The Bertz CT molecular complexity index is 801. The predicted octanol–water partition coefficient (Wildman–Crippen LogP) is 3.72. The molecule has 0 bridgehead atoms. The van der Waals surface area contributed by atoms with Crippen LogP contribution in [0.15, 0.2) is 53.0 Å². The lowest BCUT2D eigenvalue weighted by atomic mass is 9.73. The van der Waals surface area contributed by atoms with E-state index >= 15 is 0 Å². The number of ether oxygens (including phenoxy) is 1. The van der Waals surface area contributed by atoms with Crippen LogP contribution in [0.2, 0.25) is 0 Å². The number of halogens is 1. The molecule has 7 heteroatoms. The van der Waals surface area contributed by atoms with Gasteiger partial charge in [0.05, 0.1) is 10.3 Å². The molecule has 0 atom stereocenters. The number of nitro groups is 1. The number of nitrogens with zero attached hydrogens (tertiary/aromatic N) is 1. The topological polar surface area (TPSA) is 81.5 Å². The van der Waals surface area contributed by atoms with Crippen LogP contribution < -0.4 is 5.32 Å². The van der Waals surface area contributed by atoms with Gasteiger partial charge in [0.25, 0.3) is 5.69 Å². The first-order valence-corrected chi connectivity index (χ1v) is 9.17. The smallest absolute Gasteiger partial charge is 0.274 e. The van der Waals surface area contributed by atoms with Crippen LogP contribution in [0, 0.1) is 10.1 Å². The molecule has 0 unspecified atom stereocenters. The van der Waals surface area contributed by atoms with E-state index in [1.807, 2.05) is 24.3 Å². The zero-order valence-corrected chi connectivity index (χ0v) is 15.7. The first-order valence-electron chi connectivity index (χ1n) is 8.37. The largest absolute Gasteiger partial charge is 0.381 e. The third kappa shape index (κ3) is 3.78. The number of carbonyl (C=O) groups is 1. The number of carbonyl (C=O) groups excluding carboxylic acids is 1. The highest BCUT2D eigenvalue weighted by atomic mass is 79.9. The summed E-state index contributed by atoms with van der Waals surface area (Å²) < 4.78 is 6.40. The van der Waals surface area contributed by atoms with E-state index in [0.29, 0.717) is 31.6 Å². The quantitative estimate of drug-likeness (QED) is 0.592. The van der Waals surface area contributed by atoms with Crippen molar-refractivity contribution in [3.05, 3.63) is 74.2 Å². The number of rotatable bonds is 5. The number of hydrogen-bond donors (Lipinski definition) is 1. The van der Waals surface area contributed by atoms with Crippen LogP contribution in [0.5, 0.6) is 0 Å². The van der Waals surface area contributed by atoms with E-state index in [9.17, 15) is 14.9 Å². The van der Waals surface area contributed by atoms with Gasteiger partial charge in [-0.25, -0.2) is 0 Å². The van der Waals surface area contributed by atoms with Crippen LogP contribution >= 0.6 is 15.9 Å². The fourth-order valence-corrected chi connectivity index (χ4v) is 3.58. The van der Waals surface area contributed by atoms with Crippen molar-refractivity contribution in [2.45, 2.75) is 24.8 Å². The summed E-state index contributed by atoms with van der Waals surface area (Å²) in [6.07, 6.45) is 1.16. The van der Waals surface area contributed by atoms with E-state index in [2.05, 4.69) is 21.2 Å². The average Bonchev–Trinajstić information content (AvgIpc) is 2.67. The monoisotopic (exact) mass is 418 g/mol. The fraction of sp³-hybridized carbons (Fsp3) is 0.316. The summed E-state index contributed by atoms with van der Waals surface area (Å²) >= 11 is 3.42. The van der Waals surface area contributed by atoms with Gasteiger partial charge in [0.2, 0.25) is 5.91 Å². The molecule has 1 amide bonds. The molecule has 1 aliphatic rings. The molecule has 0 radical (unpaired) electrons. The van der Waals surface area contributed by atoms with Crippen LogP contribution in [0.4, 0.5) is 5.69 Å². The summed E-state index contributed by atoms with van der Waals surface area (Å²) in [5, 5.41) is 14.1. The van der Waals surface area contributed by atoms with E-state index in [1.54, 1.807) is 18.2 Å². The molecule has 1 N–H and O–H groups in total. The lowest BCUT2D eigenvalue weighted by Gasteiger charge is -2.36. The molecule has 0 spiro atoms. The number of nitrogens with one attached hydrogen (secondary N) is 1. The summed E-state index contributed by atoms with van der Waals surface area (Å²) in [5.74, 6) is -0.124. The molecule has 1 aliphatic heterocycles. The molecule has 136 valence electrons. The second kappa shape index (κ2) is 7.97. The molecular formula is C19H19BrN2O4. The number of para-hydroxylation sites is 1. The molecular weight excluding hydrogens is 400 g/mol. The van der Waals surface area contributed by atoms with E-state index in [0.717, 1.165) is 10.0 Å². The Morgan fingerprint density at radius 3 is 2.46 bits per heavy atom. The minimum Gasteiger partial charge on any atom is -0.381 e. The highest BCUT2D eigenvalue weighted by Crippen LogP contribution is 2.36. The Kier molecular flexibility index (Phi) is 5.68. The summed E-state index contributed by atoms with van der Waals surface area (Å²) in [6.45, 7) is 1.14. The minimum atomic E-state index is -0.678. The zero-order valence-electron chi connectivity index (χ0n) is 14.1. The standard InChI is InChI=1S/C19H19BrN2O4/c20-16-7-5-15(6-8-16)19(9-11-26-12-10-19)18(23)21-13-14-3-1-2-4-17(14)22(24)25/h1-8H,9-13H2,(H,21,23). The van der Waals surface area contributed by atoms with E-state index in [4.69, 9.17) is 4.74 Å². The van der Waals surface area contributed by atoms with Crippen molar-refractivity contribution >= 4 is 27.5 Å². The van der Waals surface area contributed by atoms with Gasteiger partial charge < -0.3 is 10.1 Å².